The molecule has 8 aromatic heterocycles. The third kappa shape index (κ3) is 15.2. The van der Waals surface area contributed by atoms with Crippen LogP contribution in [0.4, 0.5) is 34.9 Å². The number of ether oxygens (including phenoxy) is 6. The third-order valence-electron chi connectivity index (χ3n) is 14.9. The van der Waals surface area contributed by atoms with Crippen molar-refractivity contribution in [1.82, 2.24) is 80.9 Å². The normalized spacial score (nSPS) is 10.8. The second kappa shape index (κ2) is 30.5. The van der Waals surface area contributed by atoms with Crippen molar-refractivity contribution < 1.29 is 47.6 Å². The van der Waals surface area contributed by atoms with Gasteiger partial charge in [0.1, 0.15) is 34.2 Å². The summed E-state index contributed by atoms with van der Waals surface area (Å²) in [5, 5.41) is 26.4. The number of H-pyrrole nitrogens is 3. The van der Waals surface area contributed by atoms with Crippen LogP contribution in [0.1, 0.15) is 69.1 Å². The Hall–Kier alpha value is -12.8. The molecule has 29 nitrogen and oxygen atoms in total. The molecule has 0 unspecified atom stereocenters. The van der Waals surface area contributed by atoms with Crippen LogP contribution in [0.2, 0.25) is 0 Å². The molecule has 0 spiro atoms. The first-order chi connectivity index (χ1) is 47.4. The van der Waals surface area contributed by atoms with Gasteiger partial charge in [0.2, 0.25) is 35.5 Å². The molecule has 0 atom stereocenters. The standard InChI is InChI=1S/C26H28N6O4.C22H25N7O3.C21H20N6O3/c1-14(2)36-25-21-18(15-6-8-16(9-7-15)23(33)27-3)13-29-22(21)31-26(32-25)30-19-11-10-17(24(34)28-4)12-20(19)35-5;1-12(2)32-21-18-15(14-9-25-29(4)11-14)10-24-19(18)27-22(28-21)26-16-7-6-13(20(30)23-3)8-17(16)31-5;1-22-19(28)13-4-5-15(16(10-13)29-2)25-21-26-18-17(20(27-21)30-3)14(11-24-18)12-6-8-23-9-7-12/h6-14H,1-5H3,(H,27,33)(H,28,34)(H2,29,30,31,32);6-12H,1-5H3,(H,23,30)(H2,24,26,27,28);4-11H,1-3H3,(H,22,28)(H2,24,25,26,27). The van der Waals surface area contributed by atoms with E-state index in [-0.39, 0.29) is 35.8 Å². The van der Waals surface area contributed by atoms with Crippen LogP contribution in [0.3, 0.4) is 0 Å². The highest BCUT2D eigenvalue weighted by molar-refractivity contribution is 6.02. The maximum Gasteiger partial charge on any atom is 0.251 e. The first-order valence-corrected chi connectivity index (χ1v) is 30.7. The van der Waals surface area contributed by atoms with Crippen molar-refractivity contribution in [3.05, 3.63) is 157 Å². The summed E-state index contributed by atoms with van der Waals surface area (Å²) in [4.78, 5) is 88.9. The maximum atomic E-state index is 12.0. The maximum absolute atomic E-state index is 12.0. The lowest BCUT2D eigenvalue weighted by atomic mass is 10.0. The minimum absolute atomic E-state index is 0.0843. The van der Waals surface area contributed by atoms with Gasteiger partial charge in [0, 0.05) is 117 Å². The van der Waals surface area contributed by atoms with E-state index in [4.69, 9.17) is 28.4 Å². The molecule has 0 saturated heterocycles. The molecule has 0 aliphatic carbocycles. The van der Waals surface area contributed by atoms with E-state index in [9.17, 15) is 19.2 Å². The van der Waals surface area contributed by atoms with Crippen LogP contribution in [0.5, 0.6) is 34.9 Å². The first kappa shape index (κ1) is 68.1. The Bertz CT molecular complexity index is 4850. The van der Waals surface area contributed by atoms with E-state index in [1.807, 2.05) is 83.8 Å². The molecule has 29 heteroatoms. The number of fused-ring (bicyclic) bond motifs is 3. The fourth-order valence-electron chi connectivity index (χ4n) is 10.3. The number of carbonyl (C=O) groups excluding carboxylic acids is 4. The van der Waals surface area contributed by atoms with E-state index < -0.39 is 0 Å². The summed E-state index contributed by atoms with van der Waals surface area (Å²) in [7, 11) is 14.4. The van der Waals surface area contributed by atoms with Crippen molar-refractivity contribution in [3.8, 4) is 68.3 Å². The van der Waals surface area contributed by atoms with Crippen LogP contribution < -0.4 is 65.6 Å². The molecule has 8 heterocycles. The summed E-state index contributed by atoms with van der Waals surface area (Å²) in [6.07, 6.45) is 12.5. The lowest BCUT2D eigenvalue weighted by Gasteiger charge is -2.14. The molecule has 12 aromatic rings. The molecule has 98 heavy (non-hydrogen) atoms. The molecule has 0 fully saturated rings. The lowest BCUT2D eigenvalue weighted by molar-refractivity contribution is 0.0955. The first-order valence-electron chi connectivity index (χ1n) is 30.7. The summed E-state index contributed by atoms with van der Waals surface area (Å²) in [5.74, 6) is 2.92. The van der Waals surface area contributed by atoms with Crippen LogP contribution >= 0.6 is 0 Å². The minimum atomic E-state index is -0.215. The number of amides is 4. The number of methoxy groups -OCH3 is 4. The summed E-state index contributed by atoms with van der Waals surface area (Å²) in [6, 6.07) is 26.3. The molecule has 0 aliphatic rings. The number of nitrogens with zero attached hydrogens (tertiary/aromatic N) is 9. The Balaban J connectivity index is 0.000000160. The Morgan fingerprint density at radius 3 is 1.12 bits per heavy atom. The van der Waals surface area contributed by atoms with E-state index in [0.717, 1.165) is 49.5 Å². The number of nitrogens with one attached hydrogen (secondary N) is 10. The number of aryl methyl sites for hydroxylation is 1. The van der Waals surface area contributed by atoms with Gasteiger partial charge < -0.3 is 80.6 Å². The van der Waals surface area contributed by atoms with Gasteiger partial charge in [0.25, 0.3) is 23.6 Å². The van der Waals surface area contributed by atoms with Gasteiger partial charge in [-0.3, -0.25) is 28.8 Å². The van der Waals surface area contributed by atoms with E-state index >= 15 is 0 Å². The zero-order valence-corrected chi connectivity index (χ0v) is 56.0. The van der Waals surface area contributed by atoms with Crippen LogP contribution in [0.15, 0.2) is 134 Å². The fraction of sp³-hybridized carbons (Fsp3) is 0.217. The predicted molar refractivity (Wildman–Crippen MR) is 373 cm³/mol. The predicted octanol–water partition coefficient (Wildman–Crippen LogP) is 10.3. The summed E-state index contributed by atoms with van der Waals surface area (Å²) < 4.78 is 35.7. The van der Waals surface area contributed by atoms with Crippen molar-refractivity contribution in [2.45, 2.75) is 39.9 Å². The molecule has 0 bridgehead atoms. The fourth-order valence-corrected chi connectivity index (χ4v) is 10.3. The van der Waals surface area contributed by atoms with E-state index in [0.29, 0.717) is 109 Å². The molecule has 0 saturated carbocycles. The average Bonchev–Trinajstić information content (AvgIpc) is 1.63. The SMILES string of the molecule is CNC(=O)c1ccc(-c2c[nH]c3nc(Nc4ccc(C(=O)NC)cc4OC)nc(OC(C)C)c23)cc1.CNC(=O)c1ccc(Nc2nc(OC(C)C)c3c(-c4cnn(C)c4)c[nH]c3n2)c(OC)c1.CNC(=O)c1ccc(Nc2nc(OC)c3c(-c4ccncc4)c[nH]c3n2)c(OC)c1. The Morgan fingerprint density at radius 1 is 0.429 bits per heavy atom. The largest absolute Gasteiger partial charge is 0.495 e. The number of carbonyl (C=O) groups is 4. The van der Waals surface area contributed by atoms with Crippen molar-refractivity contribution in [2.75, 3.05) is 72.6 Å². The number of aromatic nitrogens is 12. The zero-order valence-electron chi connectivity index (χ0n) is 56.0. The van der Waals surface area contributed by atoms with Gasteiger partial charge >= 0.3 is 0 Å². The number of pyridine rings is 1. The van der Waals surface area contributed by atoms with Gasteiger partial charge in [-0.15, -0.1) is 0 Å². The second-order valence-electron chi connectivity index (χ2n) is 22.0. The molecule has 12 rings (SSSR count). The highest BCUT2D eigenvalue weighted by Gasteiger charge is 2.23. The van der Waals surface area contributed by atoms with Crippen LogP contribution in [-0.2, 0) is 7.05 Å². The molecular weight excluding hydrogens is 1250 g/mol. The van der Waals surface area contributed by atoms with Crippen molar-refractivity contribution in [3.63, 3.8) is 0 Å². The highest BCUT2D eigenvalue weighted by Crippen LogP contribution is 2.40. The average molecular weight is 1330 g/mol. The highest BCUT2D eigenvalue weighted by atomic mass is 16.5. The van der Waals surface area contributed by atoms with Gasteiger partial charge in [0.15, 0.2) is 0 Å². The van der Waals surface area contributed by atoms with E-state index in [2.05, 4.69) is 92.2 Å². The van der Waals surface area contributed by atoms with E-state index in [1.165, 1.54) is 21.3 Å². The summed E-state index contributed by atoms with van der Waals surface area (Å²) in [6.45, 7) is 7.73. The number of rotatable bonds is 21. The molecule has 504 valence electrons. The third-order valence-corrected chi connectivity index (χ3v) is 14.9. The molecule has 10 N–H and O–H groups in total. The number of aromatic amines is 3. The Kier molecular flexibility index (Phi) is 21.2. The smallest absolute Gasteiger partial charge is 0.251 e. The van der Waals surface area contributed by atoms with Crippen molar-refractivity contribution in [1.29, 1.82) is 0 Å². The molecular formula is C69H73N19O10. The number of anilines is 6. The Labute approximate surface area is 562 Å². The molecule has 4 aromatic carbocycles. The monoisotopic (exact) mass is 1330 g/mol. The molecule has 0 aliphatic heterocycles. The second-order valence-corrected chi connectivity index (χ2v) is 22.0. The summed E-state index contributed by atoms with van der Waals surface area (Å²) in [5.41, 5.74) is 11.1. The number of hydrogen-bond acceptors (Lipinski definition) is 21. The van der Waals surface area contributed by atoms with Gasteiger partial charge in [-0.05, 0) is 118 Å². The van der Waals surface area contributed by atoms with E-state index in [1.54, 1.807) is 125 Å². The van der Waals surface area contributed by atoms with Gasteiger partial charge in [-0.25, -0.2) is 0 Å². The zero-order chi connectivity index (χ0) is 69.7. The van der Waals surface area contributed by atoms with Gasteiger partial charge in [-0.2, -0.15) is 35.0 Å². The lowest BCUT2D eigenvalue weighted by Crippen LogP contribution is -2.17. The van der Waals surface area contributed by atoms with Crippen molar-refractivity contribution >= 4 is 91.6 Å². The van der Waals surface area contributed by atoms with Crippen molar-refractivity contribution in [2.24, 2.45) is 7.05 Å². The van der Waals surface area contributed by atoms with Crippen LogP contribution in [0.25, 0.3) is 66.5 Å². The van der Waals surface area contributed by atoms with Gasteiger partial charge in [0.05, 0.1) is 80.1 Å². The van der Waals surface area contributed by atoms with Crippen LogP contribution in [-0.4, -0.2) is 152 Å². The quantitative estimate of drug-likeness (QED) is 0.0319. The minimum Gasteiger partial charge on any atom is -0.495 e. The number of benzene rings is 4. The molecule has 0 radical (unpaired) electrons. The topological polar surface area (TPSA) is 363 Å². The van der Waals surface area contributed by atoms with Crippen LogP contribution in [0, 0.1) is 0 Å². The Morgan fingerprint density at radius 2 is 0.776 bits per heavy atom. The summed E-state index contributed by atoms with van der Waals surface area (Å²) >= 11 is 0. The van der Waals surface area contributed by atoms with Gasteiger partial charge in [-0.1, -0.05) is 12.1 Å². The number of hydrogen-bond donors (Lipinski definition) is 10. The molecule has 4 amide bonds.